The van der Waals surface area contributed by atoms with Gasteiger partial charge in [0.05, 0.1) is 18.1 Å². The van der Waals surface area contributed by atoms with Crippen molar-refractivity contribution in [3.05, 3.63) is 24.0 Å². The molecule has 1 fully saturated rings. The highest BCUT2D eigenvalue weighted by molar-refractivity contribution is 7.90. The maximum atomic E-state index is 11.7. The van der Waals surface area contributed by atoms with Crippen molar-refractivity contribution in [3.8, 4) is 5.75 Å². The molecule has 7 heteroatoms. The van der Waals surface area contributed by atoms with Crippen molar-refractivity contribution in [2.45, 2.75) is 18.2 Å². The fraction of sp³-hybridized carbons (Fsp3) is 0.583. The highest BCUT2D eigenvalue weighted by Crippen LogP contribution is 2.19. The number of hydrogen-bond donors (Lipinski definition) is 1. The highest BCUT2D eigenvalue weighted by Gasteiger charge is 2.32. The zero-order chi connectivity index (χ0) is 13.9. The zero-order valence-corrected chi connectivity index (χ0v) is 12.0. The molecule has 0 aromatic carbocycles. The molecule has 0 saturated carbocycles. The van der Waals surface area contributed by atoms with E-state index in [9.17, 15) is 8.42 Å². The van der Waals surface area contributed by atoms with Crippen molar-refractivity contribution in [1.82, 2.24) is 14.6 Å². The van der Waals surface area contributed by atoms with Gasteiger partial charge in [-0.1, -0.05) is 0 Å². The van der Waals surface area contributed by atoms with Crippen molar-refractivity contribution >= 4 is 10.0 Å². The van der Waals surface area contributed by atoms with Gasteiger partial charge < -0.3 is 4.74 Å². The topological polar surface area (TPSA) is 71.5 Å². The molecule has 0 spiro atoms. The van der Waals surface area contributed by atoms with Crippen molar-refractivity contribution in [2.24, 2.45) is 0 Å². The Morgan fingerprint density at radius 1 is 1.58 bits per heavy atom. The number of likely N-dealkylation sites (tertiary alicyclic amines) is 1. The lowest BCUT2D eigenvalue weighted by atomic mass is 10.3. The Morgan fingerprint density at radius 2 is 2.37 bits per heavy atom. The summed E-state index contributed by atoms with van der Waals surface area (Å²) >= 11 is 0. The second kappa shape index (κ2) is 5.85. The summed E-state index contributed by atoms with van der Waals surface area (Å²) in [5.74, 6) is 0.767. The van der Waals surface area contributed by atoms with Gasteiger partial charge in [0.15, 0.2) is 0 Å². The number of pyridine rings is 1. The smallest absolute Gasteiger partial charge is 0.215 e. The molecule has 19 heavy (non-hydrogen) atoms. The van der Waals surface area contributed by atoms with Crippen LogP contribution in [0, 0.1) is 0 Å². The molecule has 1 aromatic rings. The maximum absolute atomic E-state index is 11.7. The zero-order valence-electron chi connectivity index (χ0n) is 11.2. The minimum absolute atomic E-state index is 0.330. The maximum Gasteiger partial charge on any atom is 0.215 e. The van der Waals surface area contributed by atoms with Gasteiger partial charge in [0.25, 0.3) is 0 Å². The molecule has 1 aliphatic rings. The molecule has 106 valence electrons. The minimum Gasteiger partial charge on any atom is -0.497 e. The summed E-state index contributed by atoms with van der Waals surface area (Å²) in [5, 5.41) is -0.330. The normalized spacial score (nSPS) is 20.6. The number of methoxy groups -OCH3 is 1. The molecule has 2 heterocycles. The van der Waals surface area contributed by atoms with Crippen LogP contribution in [0.15, 0.2) is 18.3 Å². The van der Waals surface area contributed by atoms with Crippen LogP contribution in [0.4, 0.5) is 0 Å². The van der Waals surface area contributed by atoms with Crippen LogP contribution in [0.2, 0.25) is 0 Å². The minimum atomic E-state index is -3.17. The van der Waals surface area contributed by atoms with Crippen LogP contribution in [0.3, 0.4) is 0 Å². The Kier molecular flexibility index (Phi) is 4.38. The standard InChI is InChI=1S/C12H19N3O3S/c1-13-19(16,17)12-4-6-15(9-12)8-10-7-11(18-2)3-5-14-10/h3,5,7,12-13H,4,6,8-9H2,1-2H3. The SMILES string of the molecule is CNS(=O)(=O)C1CCN(Cc2cc(OC)ccn2)C1. The molecule has 1 atom stereocenters. The third-order valence-corrected chi connectivity index (χ3v) is 5.19. The van der Waals surface area contributed by atoms with Gasteiger partial charge in [0.1, 0.15) is 5.75 Å². The van der Waals surface area contributed by atoms with E-state index in [4.69, 9.17) is 4.74 Å². The molecular weight excluding hydrogens is 266 g/mol. The second-order valence-electron chi connectivity index (χ2n) is 4.58. The van der Waals surface area contributed by atoms with Gasteiger partial charge >= 0.3 is 0 Å². The molecule has 1 saturated heterocycles. The molecule has 1 unspecified atom stereocenters. The number of hydrogen-bond acceptors (Lipinski definition) is 5. The van der Waals surface area contributed by atoms with E-state index < -0.39 is 10.0 Å². The predicted octanol–water partition coefficient (Wildman–Crippen LogP) is 0.214. The number of nitrogens with zero attached hydrogens (tertiary/aromatic N) is 2. The van der Waals surface area contributed by atoms with Crippen LogP contribution in [0.1, 0.15) is 12.1 Å². The number of nitrogens with one attached hydrogen (secondary N) is 1. The number of rotatable bonds is 5. The summed E-state index contributed by atoms with van der Waals surface area (Å²) in [5.41, 5.74) is 0.891. The average molecular weight is 285 g/mol. The van der Waals surface area contributed by atoms with E-state index in [-0.39, 0.29) is 5.25 Å². The van der Waals surface area contributed by atoms with E-state index in [2.05, 4.69) is 14.6 Å². The van der Waals surface area contributed by atoms with Crippen LogP contribution >= 0.6 is 0 Å². The molecule has 0 bridgehead atoms. The molecule has 1 aliphatic heterocycles. The summed E-state index contributed by atoms with van der Waals surface area (Å²) in [6.45, 7) is 1.96. The Balaban J connectivity index is 1.98. The quantitative estimate of drug-likeness (QED) is 0.837. The van der Waals surface area contributed by atoms with Crippen molar-refractivity contribution < 1.29 is 13.2 Å². The number of sulfonamides is 1. The van der Waals surface area contributed by atoms with E-state index in [0.29, 0.717) is 19.5 Å². The third-order valence-electron chi connectivity index (χ3n) is 3.36. The fourth-order valence-electron chi connectivity index (χ4n) is 2.26. The molecular formula is C12H19N3O3S. The van der Waals surface area contributed by atoms with Crippen molar-refractivity contribution in [2.75, 3.05) is 27.2 Å². The largest absolute Gasteiger partial charge is 0.497 e. The number of aromatic nitrogens is 1. The molecule has 2 rings (SSSR count). The van der Waals surface area contributed by atoms with Gasteiger partial charge in [-0.05, 0) is 26.1 Å². The van der Waals surface area contributed by atoms with E-state index in [1.807, 2.05) is 6.07 Å². The van der Waals surface area contributed by atoms with Gasteiger partial charge in [-0.15, -0.1) is 0 Å². The first kappa shape index (κ1) is 14.2. The number of ether oxygens (including phenoxy) is 1. The first-order valence-corrected chi connectivity index (χ1v) is 7.73. The molecule has 1 aromatic heterocycles. The summed E-state index contributed by atoms with van der Waals surface area (Å²) in [4.78, 5) is 6.37. The van der Waals surface area contributed by atoms with Crippen LogP contribution < -0.4 is 9.46 Å². The van der Waals surface area contributed by atoms with E-state index in [1.165, 1.54) is 7.05 Å². The average Bonchev–Trinajstić information content (AvgIpc) is 2.88. The monoisotopic (exact) mass is 285 g/mol. The van der Waals surface area contributed by atoms with E-state index in [1.54, 1.807) is 19.4 Å². The second-order valence-corrected chi connectivity index (χ2v) is 6.75. The molecule has 6 nitrogen and oxygen atoms in total. The van der Waals surface area contributed by atoms with Gasteiger partial charge in [-0.3, -0.25) is 9.88 Å². The summed E-state index contributed by atoms with van der Waals surface area (Å²) in [7, 11) is -0.0972. The van der Waals surface area contributed by atoms with Crippen LogP contribution in [-0.2, 0) is 16.6 Å². The van der Waals surface area contributed by atoms with Crippen LogP contribution in [0.5, 0.6) is 5.75 Å². The Hall–Kier alpha value is -1.18. The molecule has 0 amide bonds. The summed E-state index contributed by atoms with van der Waals surface area (Å²) in [6, 6.07) is 3.67. The van der Waals surface area contributed by atoms with Gasteiger partial charge in [0.2, 0.25) is 10.0 Å². The van der Waals surface area contributed by atoms with Crippen LogP contribution in [-0.4, -0.2) is 50.8 Å². The van der Waals surface area contributed by atoms with Crippen molar-refractivity contribution in [3.63, 3.8) is 0 Å². The first-order valence-electron chi connectivity index (χ1n) is 6.19. The summed E-state index contributed by atoms with van der Waals surface area (Å²) < 4.78 is 31.0. The lowest BCUT2D eigenvalue weighted by molar-refractivity contribution is 0.325. The Morgan fingerprint density at radius 3 is 3.05 bits per heavy atom. The highest BCUT2D eigenvalue weighted by atomic mass is 32.2. The van der Waals surface area contributed by atoms with Gasteiger partial charge in [0, 0.05) is 25.4 Å². The molecule has 0 radical (unpaired) electrons. The van der Waals surface area contributed by atoms with E-state index >= 15 is 0 Å². The van der Waals surface area contributed by atoms with Crippen molar-refractivity contribution in [1.29, 1.82) is 0 Å². The Bertz CT molecular complexity index is 533. The third kappa shape index (κ3) is 3.43. The fourth-order valence-corrected chi connectivity index (χ4v) is 3.42. The van der Waals surface area contributed by atoms with Gasteiger partial charge in [-0.25, -0.2) is 13.1 Å². The van der Waals surface area contributed by atoms with Crippen LogP contribution in [0.25, 0.3) is 0 Å². The lowest BCUT2D eigenvalue weighted by Crippen LogP contribution is -2.34. The molecule has 1 N–H and O–H groups in total. The lowest BCUT2D eigenvalue weighted by Gasteiger charge is -2.15. The predicted molar refractivity (Wildman–Crippen MR) is 72.5 cm³/mol. The first-order chi connectivity index (χ1) is 9.05. The van der Waals surface area contributed by atoms with E-state index in [0.717, 1.165) is 18.0 Å². The van der Waals surface area contributed by atoms with Gasteiger partial charge in [-0.2, -0.15) is 0 Å². The summed E-state index contributed by atoms with van der Waals surface area (Å²) in [6.07, 6.45) is 2.36. The molecule has 0 aliphatic carbocycles. The Labute approximate surface area is 113 Å².